The summed E-state index contributed by atoms with van der Waals surface area (Å²) in [4.78, 5) is 2.63. The van der Waals surface area contributed by atoms with E-state index in [4.69, 9.17) is 9.47 Å². The Balaban J connectivity index is 1.42. The Hall–Kier alpha value is -0.120. The molecule has 3 heteroatoms. The molecule has 0 amide bonds. The maximum absolute atomic E-state index is 6.45. The van der Waals surface area contributed by atoms with Crippen molar-refractivity contribution in [2.75, 3.05) is 26.2 Å². The second-order valence-electron chi connectivity index (χ2n) is 9.41. The number of ether oxygens (including phenoxy) is 2. The van der Waals surface area contributed by atoms with Gasteiger partial charge in [0.1, 0.15) is 0 Å². The predicted octanol–water partition coefficient (Wildman–Crippen LogP) is 4.85. The van der Waals surface area contributed by atoms with Gasteiger partial charge in [-0.25, -0.2) is 0 Å². The summed E-state index contributed by atoms with van der Waals surface area (Å²) in [6.45, 7) is 14.1. The number of rotatable bonds is 5. The van der Waals surface area contributed by atoms with Gasteiger partial charge in [-0.05, 0) is 55.9 Å². The lowest BCUT2D eigenvalue weighted by molar-refractivity contribution is -0.197. The first-order valence-corrected chi connectivity index (χ1v) is 10.5. The van der Waals surface area contributed by atoms with Crippen LogP contribution in [0.2, 0.25) is 0 Å². The van der Waals surface area contributed by atoms with E-state index in [0.29, 0.717) is 11.5 Å². The lowest BCUT2D eigenvalue weighted by Crippen LogP contribution is -2.40. The van der Waals surface area contributed by atoms with Crippen molar-refractivity contribution < 1.29 is 9.47 Å². The molecule has 2 heterocycles. The standard InChI is InChI=1S/C21H39NO2/c1-5-20(3,4)18-8-11-21(12-9-18)23-16-19(24-21)10-14-22-13-6-7-17(2)15-22/h17-19H,5-16H2,1-4H3. The zero-order valence-corrected chi connectivity index (χ0v) is 16.5. The molecule has 2 saturated heterocycles. The Morgan fingerprint density at radius 3 is 2.58 bits per heavy atom. The molecule has 0 aromatic carbocycles. The molecule has 3 nitrogen and oxygen atoms in total. The van der Waals surface area contributed by atoms with Crippen molar-refractivity contribution in [3.05, 3.63) is 0 Å². The van der Waals surface area contributed by atoms with E-state index in [-0.39, 0.29) is 5.79 Å². The molecule has 0 N–H and O–H groups in total. The monoisotopic (exact) mass is 337 g/mol. The molecular formula is C21H39NO2. The lowest BCUT2D eigenvalue weighted by atomic mass is 9.68. The van der Waals surface area contributed by atoms with Gasteiger partial charge in [0.2, 0.25) is 0 Å². The summed E-state index contributed by atoms with van der Waals surface area (Å²) >= 11 is 0. The van der Waals surface area contributed by atoms with Gasteiger partial charge in [-0.3, -0.25) is 0 Å². The summed E-state index contributed by atoms with van der Waals surface area (Å²) in [5.41, 5.74) is 0.463. The Bertz CT molecular complexity index is 401. The highest BCUT2D eigenvalue weighted by molar-refractivity contribution is 4.90. The van der Waals surface area contributed by atoms with Crippen LogP contribution < -0.4 is 0 Å². The SMILES string of the molecule is CCC(C)(C)C1CCC2(CC1)OCC(CCN1CCCC(C)C1)O2. The highest BCUT2D eigenvalue weighted by Gasteiger charge is 2.46. The van der Waals surface area contributed by atoms with Crippen LogP contribution in [-0.2, 0) is 9.47 Å². The number of likely N-dealkylation sites (tertiary alicyclic amines) is 1. The fourth-order valence-electron chi connectivity index (χ4n) is 4.97. The number of hydrogen-bond donors (Lipinski definition) is 0. The second-order valence-corrected chi connectivity index (χ2v) is 9.41. The van der Waals surface area contributed by atoms with Crippen LogP contribution in [-0.4, -0.2) is 43.0 Å². The molecule has 0 aromatic rings. The summed E-state index contributed by atoms with van der Waals surface area (Å²) in [5.74, 6) is 1.46. The van der Waals surface area contributed by atoms with Crippen LogP contribution in [0.15, 0.2) is 0 Å². The van der Waals surface area contributed by atoms with E-state index >= 15 is 0 Å². The zero-order chi connectivity index (χ0) is 17.2. The summed E-state index contributed by atoms with van der Waals surface area (Å²) < 4.78 is 12.7. The molecule has 1 aliphatic carbocycles. The predicted molar refractivity (Wildman–Crippen MR) is 99.0 cm³/mol. The van der Waals surface area contributed by atoms with E-state index in [1.54, 1.807) is 0 Å². The van der Waals surface area contributed by atoms with Crippen molar-refractivity contribution in [3.63, 3.8) is 0 Å². The first-order valence-electron chi connectivity index (χ1n) is 10.5. The zero-order valence-electron chi connectivity index (χ0n) is 16.5. The minimum atomic E-state index is -0.236. The molecule has 1 spiro atoms. The van der Waals surface area contributed by atoms with Crippen LogP contribution in [0.25, 0.3) is 0 Å². The van der Waals surface area contributed by atoms with Crippen molar-refractivity contribution in [2.24, 2.45) is 17.3 Å². The smallest absolute Gasteiger partial charge is 0.168 e. The molecule has 1 saturated carbocycles. The van der Waals surface area contributed by atoms with Gasteiger partial charge in [0, 0.05) is 25.9 Å². The molecular weight excluding hydrogens is 298 g/mol. The number of hydrogen-bond acceptors (Lipinski definition) is 3. The van der Waals surface area contributed by atoms with Crippen molar-refractivity contribution in [1.82, 2.24) is 4.90 Å². The third kappa shape index (κ3) is 4.34. The number of piperidine rings is 1. The molecule has 2 unspecified atom stereocenters. The van der Waals surface area contributed by atoms with Gasteiger partial charge in [0.05, 0.1) is 12.7 Å². The van der Waals surface area contributed by atoms with E-state index in [1.165, 1.54) is 51.7 Å². The molecule has 3 fully saturated rings. The van der Waals surface area contributed by atoms with Gasteiger partial charge in [-0.2, -0.15) is 0 Å². The van der Waals surface area contributed by atoms with Crippen LogP contribution in [0, 0.1) is 17.3 Å². The fourth-order valence-corrected chi connectivity index (χ4v) is 4.97. The highest BCUT2D eigenvalue weighted by atomic mass is 16.7. The van der Waals surface area contributed by atoms with Crippen LogP contribution in [0.3, 0.4) is 0 Å². The van der Waals surface area contributed by atoms with Crippen LogP contribution in [0.4, 0.5) is 0 Å². The van der Waals surface area contributed by atoms with E-state index in [1.807, 2.05) is 0 Å². The summed E-state index contributed by atoms with van der Waals surface area (Å²) in [7, 11) is 0. The Kier molecular flexibility index (Phi) is 5.94. The summed E-state index contributed by atoms with van der Waals surface area (Å²) in [6.07, 6.45) is 10.2. The van der Waals surface area contributed by atoms with Gasteiger partial charge in [-0.1, -0.05) is 34.1 Å². The molecule has 0 bridgehead atoms. The van der Waals surface area contributed by atoms with Crippen molar-refractivity contribution in [3.8, 4) is 0 Å². The summed E-state index contributed by atoms with van der Waals surface area (Å²) in [6, 6.07) is 0. The van der Waals surface area contributed by atoms with E-state index < -0.39 is 0 Å². The molecule has 140 valence electrons. The first-order chi connectivity index (χ1) is 11.4. The molecule has 0 aromatic heterocycles. The minimum absolute atomic E-state index is 0.236. The molecule has 24 heavy (non-hydrogen) atoms. The third-order valence-corrected chi connectivity index (χ3v) is 7.19. The summed E-state index contributed by atoms with van der Waals surface area (Å²) in [5, 5.41) is 0. The van der Waals surface area contributed by atoms with Crippen molar-refractivity contribution in [1.29, 1.82) is 0 Å². The largest absolute Gasteiger partial charge is 0.347 e. The quantitative estimate of drug-likeness (QED) is 0.716. The van der Waals surface area contributed by atoms with Crippen molar-refractivity contribution in [2.45, 2.75) is 91.0 Å². The highest BCUT2D eigenvalue weighted by Crippen LogP contribution is 2.47. The van der Waals surface area contributed by atoms with Crippen LogP contribution in [0.5, 0.6) is 0 Å². The van der Waals surface area contributed by atoms with E-state index in [9.17, 15) is 0 Å². The van der Waals surface area contributed by atoms with E-state index in [0.717, 1.165) is 37.7 Å². The molecule has 0 radical (unpaired) electrons. The van der Waals surface area contributed by atoms with Crippen molar-refractivity contribution >= 4 is 0 Å². The van der Waals surface area contributed by atoms with Crippen LogP contribution >= 0.6 is 0 Å². The Labute approximate surface area is 149 Å². The first kappa shape index (κ1) is 18.7. The fraction of sp³-hybridized carbons (Fsp3) is 1.00. The second kappa shape index (κ2) is 7.63. The minimum Gasteiger partial charge on any atom is -0.347 e. The lowest BCUT2D eigenvalue weighted by Gasteiger charge is -2.42. The maximum Gasteiger partial charge on any atom is 0.168 e. The third-order valence-electron chi connectivity index (χ3n) is 7.19. The normalized spacial score (nSPS) is 38.8. The van der Waals surface area contributed by atoms with Crippen LogP contribution in [0.1, 0.15) is 79.1 Å². The molecule has 2 atom stereocenters. The van der Waals surface area contributed by atoms with Gasteiger partial charge >= 0.3 is 0 Å². The van der Waals surface area contributed by atoms with Gasteiger partial charge in [-0.15, -0.1) is 0 Å². The molecule has 3 aliphatic rings. The van der Waals surface area contributed by atoms with Gasteiger partial charge in [0.15, 0.2) is 5.79 Å². The topological polar surface area (TPSA) is 21.7 Å². The molecule has 2 aliphatic heterocycles. The number of nitrogens with zero attached hydrogens (tertiary/aromatic N) is 1. The van der Waals surface area contributed by atoms with Gasteiger partial charge < -0.3 is 14.4 Å². The maximum atomic E-state index is 6.45. The molecule has 3 rings (SSSR count). The van der Waals surface area contributed by atoms with Gasteiger partial charge in [0.25, 0.3) is 0 Å². The van der Waals surface area contributed by atoms with E-state index in [2.05, 4.69) is 32.6 Å². The average molecular weight is 338 g/mol. The Morgan fingerprint density at radius 2 is 1.92 bits per heavy atom. The average Bonchev–Trinajstić information content (AvgIpc) is 2.96. The Morgan fingerprint density at radius 1 is 1.17 bits per heavy atom.